The van der Waals surface area contributed by atoms with E-state index in [9.17, 15) is 9.59 Å². The standard InChI is InChI=1S/C18H25NO3/c1-12-8-13(2)10-19(9-12)17(20)11-22-18(21)16-7-5-6-14(3)15(16)4/h5-7,12-13H,8-11H2,1-4H3. The summed E-state index contributed by atoms with van der Waals surface area (Å²) in [6.45, 7) is 9.48. The van der Waals surface area contributed by atoms with Crippen LogP contribution in [-0.2, 0) is 9.53 Å². The van der Waals surface area contributed by atoms with E-state index in [1.165, 1.54) is 0 Å². The molecule has 1 aliphatic heterocycles. The summed E-state index contributed by atoms with van der Waals surface area (Å²) in [5.41, 5.74) is 2.48. The van der Waals surface area contributed by atoms with Crippen molar-refractivity contribution in [2.24, 2.45) is 11.8 Å². The van der Waals surface area contributed by atoms with E-state index in [1.807, 2.05) is 30.9 Å². The average molecular weight is 303 g/mol. The average Bonchev–Trinajstić information content (AvgIpc) is 2.46. The van der Waals surface area contributed by atoms with Gasteiger partial charge in [0.15, 0.2) is 6.61 Å². The van der Waals surface area contributed by atoms with Gasteiger partial charge in [0, 0.05) is 13.1 Å². The molecule has 2 unspecified atom stereocenters. The van der Waals surface area contributed by atoms with E-state index in [2.05, 4.69) is 13.8 Å². The van der Waals surface area contributed by atoms with Crippen molar-refractivity contribution in [1.29, 1.82) is 0 Å². The van der Waals surface area contributed by atoms with Crippen molar-refractivity contribution in [3.8, 4) is 0 Å². The first-order valence-electron chi connectivity index (χ1n) is 7.89. The first-order valence-corrected chi connectivity index (χ1v) is 7.89. The number of carbonyl (C=O) groups is 2. The number of benzene rings is 1. The highest BCUT2D eigenvalue weighted by Gasteiger charge is 2.26. The minimum absolute atomic E-state index is 0.0999. The van der Waals surface area contributed by atoms with E-state index in [1.54, 1.807) is 6.07 Å². The predicted molar refractivity (Wildman–Crippen MR) is 85.7 cm³/mol. The molecule has 1 aliphatic rings. The molecule has 0 spiro atoms. The molecular formula is C18H25NO3. The minimum Gasteiger partial charge on any atom is -0.452 e. The number of carbonyl (C=O) groups excluding carboxylic acids is 2. The molecule has 0 radical (unpaired) electrons. The van der Waals surface area contributed by atoms with Crippen molar-refractivity contribution < 1.29 is 14.3 Å². The van der Waals surface area contributed by atoms with Gasteiger partial charge in [0.2, 0.25) is 0 Å². The van der Waals surface area contributed by atoms with Crippen molar-refractivity contribution in [1.82, 2.24) is 4.90 Å². The fourth-order valence-electron chi connectivity index (χ4n) is 3.14. The van der Waals surface area contributed by atoms with Gasteiger partial charge >= 0.3 is 5.97 Å². The van der Waals surface area contributed by atoms with Crippen LogP contribution < -0.4 is 0 Å². The summed E-state index contributed by atoms with van der Waals surface area (Å²) in [5, 5.41) is 0. The molecule has 0 saturated carbocycles. The molecule has 0 aliphatic carbocycles. The van der Waals surface area contributed by atoms with Gasteiger partial charge in [-0.15, -0.1) is 0 Å². The van der Waals surface area contributed by atoms with Gasteiger partial charge in [0.05, 0.1) is 5.56 Å². The molecule has 4 nitrogen and oxygen atoms in total. The topological polar surface area (TPSA) is 46.6 Å². The highest BCUT2D eigenvalue weighted by molar-refractivity contribution is 5.93. The quantitative estimate of drug-likeness (QED) is 0.807. The Hall–Kier alpha value is -1.84. The highest BCUT2D eigenvalue weighted by Crippen LogP contribution is 2.21. The van der Waals surface area contributed by atoms with Crippen LogP contribution in [0.1, 0.15) is 41.8 Å². The molecule has 1 saturated heterocycles. The SMILES string of the molecule is Cc1cccc(C(=O)OCC(=O)N2CC(C)CC(C)C2)c1C. The Kier molecular flexibility index (Phi) is 5.22. The molecule has 1 aromatic rings. The number of nitrogens with zero attached hydrogens (tertiary/aromatic N) is 1. The monoisotopic (exact) mass is 303 g/mol. The number of piperidine rings is 1. The molecule has 0 aromatic heterocycles. The van der Waals surface area contributed by atoms with Gasteiger partial charge in [0.1, 0.15) is 0 Å². The molecule has 0 bridgehead atoms. The van der Waals surface area contributed by atoms with E-state index in [0.717, 1.165) is 30.6 Å². The zero-order chi connectivity index (χ0) is 16.3. The minimum atomic E-state index is -0.423. The number of amides is 1. The van der Waals surface area contributed by atoms with Gasteiger partial charge in [-0.05, 0) is 49.3 Å². The maximum Gasteiger partial charge on any atom is 0.338 e. The van der Waals surface area contributed by atoms with Crippen LogP contribution in [-0.4, -0.2) is 36.5 Å². The Balaban J connectivity index is 1.93. The lowest BCUT2D eigenvalue weighted by molar-refractivity contribution is -0.137. The number of rotatable bonds is 3. The number of aryl methyl sites for hydroxylation is 1. The van der Waals surface area contributed by atoms with Gasteiger partial charge in [-0.25, -0.2) is 4.79 Å². The molecule has 1 fully saturated rings. The largest absolute Gasteiger partial charge is 0.452 e. The Morgan fingerprint density at radius 3 is 2.45 bits per heavy atom. The third kappa shape index (κ3) is 3.87. The first-order chi connectivity index (χ1) is 10.4. The Morgan fingerprint density at radius 2 is 1.82 bits per heavy atom. The van der Waals surface area contributed by atoms with E-state index >= 15 is 0 Å². The van der Waals surface area contributed by atoms with E-state index in [4.69, 9.17) is 4.74 Å². The summed E-state index contributed by atoms with van der Waals surface area (Å²) in [7, 11) is 0. The third-order valence-corrected chi connectivity index (χ3v) is 4.37. The summed E-state index contributed by atoms with van der Waals surface area (Å²) in [4.78, 5) is 26.2. The Morgan fingerprint density at radius 1 is 1.18 bits per heavy atom. The second kappa shape index (κ2) is 6.95. The van der Waals surface area contributed by atoms with Gasteiger partial charge in [-0.2, -0.15) is 0 Å². The van der Waals surface area contributed by atoms with E-state index in [-0.39, 0.29) is 12.5 Å². The number of ether oxygens (including phenoxy) is 1. The molecule has 1 aromatic carbocycles. The lowest BCUT2D eigenvalue weighted by Crippen LogP contribution is -2.44. The molecule has 22 heavy (non-hydrogen) atoms. The summed E-state index contributed by atoms with van der Waals surface area (Å²) in [5.74, 6) is 0.481. The number of hydrogen-bond acceptors (Lipinski definition) is 3. The Labute approximate surface area is 132 Å². The summed E-state index contributed by atoms with van der Waals surface area (Å²) >= 11 is 0. The van der Waals surface area contributed by atoms with Crippen LogP contribution in [0.3, 0.4) is 0 Å². The number of hydrogen-bond donors (Lipinski definition) is 0. The maximum absolute atomic E-state index is 12.2. The van der Waals surface area contributed by atoms with Crippen LogP contribution in [0, 0.1) is 25.7 Å². The van der Waals surface area contributed by atoms with Crippen LogP contribution in [0.15, 0.2) is 18.2 Å². The van der Waals surface area contributed by atoms with Gasteiger partial charge in [-0.3, -0.25) is 4.79 Å². The van der Waals surface area contributed by atoms with Gasteiger partial charge < -0.3 is 9.64 Å². The summed E-state index contributed by atoms with van der Waals surface area (Å²) < 4.78 is 5.22. The second-order valence-corrected chi connectivity index (χ2v) is 6.57. The number of likely N-dealkylation sites (tertiary alicyclic amines) is 1. The molecule has 4 heteroatoms. The normalized spacial score (nSPS) is 21.5. The maximum atomic E-state index is 12.2. The van der Waals surface area contributed by atoms with Crippen molar-refractivity contribution in [3.05, 3.63) is 34.9 Å². The van der Waals surface area contributed by atoms with Crippen LogP contribution >= 0.6 is 0 Å². The van der Waals surface area contributed by atoms with Crippen LogP contribution in [0.5, 0.6) is 0 Å². The Bertz CT molecular complexity index is 557. The van der Waals surface area contributed by atoms with Gasteiger partial charge in [0.25, 0.3) is 5.91 Å². The predicted octanol–water partition coefficient (Wildman–Crippen LogP) is 2.96. The van der Waals surface area contributed by atoms with Crippen LogP contribution in [0.4, 0.5) is 0 Å². The van der Waals surface area contributed by atoms with Crippen molar-refractivity contribution >= 4 is 11.9 Å². The fourth-order valence-corrected chi connectivity index (χ4v) is 3.14. The smallest absolute Gasteiger partial charge is 0.338 e. The molecule has 0 N–H and O–H groups in total. The van der Waals surface area contributed by atoms with Crippen molar-refractivity contribution in [2.45, 2.75) is 34.1 Å². The molecule has 2 rings (SSSR count). The van der Waals surface area contributed by atoms with Crippen LogP contribution in [0.25, 0.3) is 0 Å². The van der Waals surface area contributed by atoms with Crippen LogP contribution in [0.2, 0.25) is 0 Å². The van der Waals surface area contributed by atoms with Crippen molar-refractivity contribution in [2.75, 3.05) is 19.7 Å². The van der Waals surface area contributed by atoms with E-state index < -0.39 is 5.97 Å². The third-order valence-electron chi connectivity index (χ3n) is 4.37. The second-order valence-electron chi connectivity index (χ2n) is 6.57. The van der Waals surface area contributed by atoms with E-state index in [0.29, 0.717) is 17.4 Å². The van der Waals surface area contributed by atoms with Crippen molar-refractivity contribution in [3.63, 3.8) is 0 Å². The fraction of sp³-hybridized carbons (Fsp3) is 0.556. The lowest BCUT2D eigenvalue weighted by atomic mass is 9.92. The summed E-state index contributed by atoms with van der Waals surface area (Å²) in [6.07, 6.45) is 1.14. The molecule has 2 atom stereocenters. The first kappa shape index (κ1) is 16.5. The molecule has 1 heterocycles. The molecular weight excluding hydrogens is 278 g/mol. The number of esters is 1. The molecule has 120 valence electrons. The zero-order valence-corrected chi connectivity index (χ0v) is 13.9. The van der Waals surface area contributed by atoms with Gasteiger partial charge in [-0.1, -0.05) is 26.0 Å². The molecule has 1 amide bonds. The highest BCUT2D eigenvalue weighted by atomic mass is 16.5. The summed E-state index contributed by atoms with van der Waals surface area (Å²) in [6, 6.07) is 5.52. The lowest BCUT2D eigenvalue weighted by Gasteiger charge is -2.34. The zero-order valence-electron chi connectivity index (χ0n) is 13.9.